The molecule has 0 radical (unpaired) electrons. The van der Waals surface area contributed by atoms with E-state index >= 15 is 0 Å². The van der Waals surface area contributed by atoms with Crippen molar-refractivity contribution in [3.8, 4) is 0 Å². The first kappa shape index (κ1) is 70.0. The van der Waals surface area contributed by atoms with Crippen molar-refractivity contribution in [1.29, 1.82) is 0 Å². The molecule has 21 N–H and O–H groups in total. The Morgan fingerprint density at radius 1 is 0.488 bits per heavy atom. The van der Waals surface area contributed by atoms with Crippen LogP contribution in [0.4, 0.5) is 0 Å². The van der Waals surface area contributed by atoms with Gasteiger partial charge in [-0.05, 0) is 117 Å². The lowest BCUT2D eigenvalue weighted by Gasteiger charge is -2.26. The molecule has 0 saturated carbocycles. The molecule has 0 fully saturated rings. The zero-order valence-corrected chi connectivity index (χ0v) is 49.3. The van der Waals surface area contributed by atoms with Crippen LogP contribution in [0.3, 0.4) is 0 Å². The molecule has 9 atom stereocenters. The first-order valence-corrected chi connectivity index (χ1v) is 28.2. The molecule has 29 heteroatoms. The quantitative estimate of drug-likeness (QED) is 0.0113. The first-order valence-electron chi connectivity index (χ1n) is 27.1. The van der Waals surface area contributed by atoms with Crippen LogP contribution in [-0.4, -0.2) is 163 Å². The molecule has 0 aliphatic carbocycles. The van der Waals surface area contributed by atoms with Crippen molar-refractivity contribution in [2.24, 2.45) is 33.7 Å². The molecule has 0 aliphatic heterocycles. The van der Waals surface area contributed by atoms with Gasteiger partial charge in [0.2, 0.25) is 65.0 Å². The minimum Gasteiger partial charge on any atom is -0.391 e. The summed E-state index contributed by atoms with van der Waals surface area (Å²) in [6.07, 6.45) is -0.471. The van der Waals surface area contributed by atoms with Gasteiger partial charge in [-0.15, -0.1) is 0 Å². The predicted molar refractivity (Wildman–Crippen MR) is 319 cm³/mol. The van der Waals surface area contributed by atoms with Crippen molar-refractivity contribution in [3.05, 3.63) is 105 Å². The second-order valence-corrected chi connectivity index (χ2v) is 21.0. The Balaban J connectivity index is 1.67. The molecule has 11 amide bonds. The highest BCUT2D eigenvalue weighted by atomic mass is 127. The summed E-state index contributed by atoms with van der Waals surface area (Å²) in [5, 5.41) is 35.4. The normalized spacial score (nSPS) is 14.0. The molecule has 0 unspecified atom stereocenters. The number of nitrogens with one attached hydrogen (secondary N) is 10. The number of carbonyl (C=O) groups excluding carboxylic acids is 11. The number of hydrogen-bond acceptors (Lipinski definition) is 15. The number of nitrogens with two attached hydrogens (primary N) is 5. The second-order valence-electron chi connectivity index (χ2n) is 19.7. The number of unbranched alkanes of at least 4 members (excludes halogenated alkanes) is 1. The van der Waals surface area contributed by atoms with Crippen LogP contribution in [0.5, 0.6) is 0 Å². The number of guanidine groups is 1. The molecule has 0 saturated heterocycles. The van der Waals surface area contributed by atoms with Crippen LogP contribution in [0, 0.1) is 3.57 Å². The fourth-order valence-corrected chi connectivity index (χ4v) is 8.28. The summed E-state index contributed by atoms with van der Waals surface area (Å²) >= 11 is 2.11. The van der Waals surface area contributed by atoms with Gasteiger partial charge in [-0.25, -0.2) is 0 Å². The standard InChI is InChI=1S/C55H79IN16O12/c1-31(47(59)77)67-52(82)42(27-36-19-21-37(56)22-20-36)71-51(81)39(17-10-11-23-57)70-50(80)40(18-12-24-62-55(60)61)69-48(78)32(2)66-44(75)30-65-54(84)46(33(3)73)72-53(83)41(26-35-15-8-5-9-16-35)68-45(76)29-63-43(74)28-64-49(79)38(58)25-34-13-6-4-7-14-34/h4-9,13-16,19-22,31-33,38-42,46,73H,10-12,17-18,23-30,57-58H2,1-3H3,(H2,59,77)(H,63,74)(H,64,79)(H,65,84)(H,66,75)(H,67,82)(H,68,76)(H,69,78)(H,70,80)(H,71,81)(H,72,83)(H4,60,61,62)/t31-,32-,33+,38-,39-,40-,41-,42-,46-/m0/s1. The van der Waals surface area contributed by atoms with Gasteiger partial charge < -0.3 is 86.9 Å². The van der Waals surface area contributed by atoms with Crippen LogP contribution in [0.2, 0.25) is 0 Å². The summed E-state index contributed by atoms with van der Waals surface area (Å²) in [7, 11) is 0. The fourth-order valence-electron chi connectivity index (χ4n) is 7.93. The van der Waals surface area contributed by atoms with Crippen molar-refractivity contribution in [2.75, 3.05) is 32.7 Å². The molecular weight excluding hydrogens is 1200 g/mol. The number of hydrogen-bond donors (Lipinski definition) is 16. The smallest absolute Gasteiger partial charge is 0.245 e. The molecule has 84 heavy (non-hydrogen) atoms. The van der Waals surface area contributed by atoms with E-state index in [9.17, 15) is 57.8 Å². The van der Waals surface area contributed by atoms with E-state index in [4.69, 9.17) is 28.7 Å². The third-order valence-corrected chi connectivity index (χ3v) is 13.3. The average Bonchev–Trinajstić information content (AvgIpc) is 3.65. The summed E-state index contributed by atoms with van der Waals surface area (Å²) in [5.74, 6) is -9.21. The van der Waals surface area contributed by atoms with E-state index in [0.717, 1.165) is 9.13 Å². The van der Waals surface area contributed by atoms with E-state index in [1.165, 1.54) is 20.8 Å². The topological polar surface area (TPSA) is 471 Å². The lowest BCUT2D eigenvalue weighted by molar-refractivity contribution is -0.135. The Kier molecular flexibility index (Phi) is 30.8. The number of benzene rings is 3. The molecule has 0 spiro atoms. The summed E-state index contributed by atoms with van der Waals surface area (Å²) in [4.78, 5) is 150. The van der Waals surface area contributed by atoms with Gasteiger partial charge in [0.05, 0.1) is 31.8 Å². The van der Waals surface area contributed by atoms with Crippen molar-refractivity contribution >= 4 is 93.5 Å². The number of primary amides is 1. The van der Waals surface area contributed by atoms with Crippen LogP contribution < -0.4 is 81.8 Å². The lowest BCUT2D eigenvalue weighted by atomic mass is 10.0. The molecule has 3 rings (SSSR count). The zero-order chi connectivity index (χ0) is 62.3. The SMILES string of the molecule is C[C@H](NC(=O)[C@H](Cc1ccc(I)cc1)NC(=O)[C@H](CCCCN)NC(=O)[C@H](CCCN=C(N)N)NC(=O)[C@H](C)NC(=O)CNC(=O)[C@@H](NC(=O)[C@H](Cc1ccccc1)NC(=O)CNC(=O)CNC(=O)[C@@H](N)Cc1ccccc1)[C@@H](C)O)C(N)=O. The summed E-state index contributed by atoms with van der Waals surface area (Å²) in [5.41, 5.74) is 30.2. The number of aliphatic hydroxyl groups is 1. The van der Waals surface area contributed by atoms with Crippen molar-refractivity contribution in [1.82, 2.24) is 53.2 Å². The highest BCUT2D eigenvalue weighted by molar-refractivity contribution is 14.1. The maximum absolute atomic E-state index is 14.1. The highest BCUT2D eigenvalue weighted by Gasteiger charge is 2.33. The fraction of sp³-hybridized carbons (Fsp3) is 0.455. The molecule has 0 aliphatic rings. The average molecular weight is 1280 g/mol. The van der Waals surface area contributed by atoms with E-state index in [1.807, 2.05) is 18.2 Å². The number of nitrogens with zero attached hydrogens (tertiary/aromatic N) is 1. The monoisotopic (exact) mass is 1280 g/mol. The van der Waals surface area contributed by atoms with Gasteiger partial charge in [-0.2, -0.15) is 0 Å². The molecule has 3 aromatic rings. The maximum Gasteiger partial charge on any atom is 0.245 e. The van der Waals surface area contributed by atoms with E-state index in [0.29, 0.717) is 24.0 Å². The number of aliphatic imine (C=N–C) groups is 1. The minimum absolute atomic E-state index is 0.00112. The third kappa shape index (κ3) is 26.7. The van der Waals surface area contributed by atoms with Crippen molar-refractivity contribution in [3.63, 3.8) is 0 Å². The van der Waals surface area contributed by atoms with Crippen LogP contribution in [0.15, 0.2) is 89.9 Å². The largest absolute Gasteiger partial charge is 0.391 e. The number of carbonyl (C=O) groups is 11. The maximum atomic E-state index is 14.1. The molecule has 28 nitrogen and oxygen atoms in total. The van der Waals surface area contributed by atoms with Crippen molar-refractivity contribution < 1.29 is 57.8 Å². The molecule has 458 valence electrons. The Morgan fingerprint density at radius 3 is 1.51 bits per heavy atom. The minimum atomic E-state index is -1.68. The summed E-state index contributed by atoms with van der Waals surface area (Å²) in [6, 6.07) is 14.4. The van der Waals surface area contributed by atoms with E-state index < -0.39 is 139 Å². The Bertz CT molecular complexity index is 2720. The zero-order valence-electron chi connectivity index (χ0n) is 47.1. The Morgan fingerprint density at radius 2 is 0.952 bits per heavy atom. The summed E-state index contributed by atoms with van der Waals surface area (Å²) < 4.78 is 0.919. The van der Waals surface area contributed by atoms with Gasteiger partial charge in [0, 0.05) is 23.0 Å². The molecule has 0 aromatic heterocycles. The van der Waals surface area contributed by atoms with Gasteiger partial charge in [-0.3, -0.25) is 57.7 Å². The van der Waals surface area contributed by atoms with E-state index in [1.54, 1.807) is 66.7 Å². The molecule has 0 heterocycles. The van der Waals surface area contributed by atoms with Gasteiger partial charge in [0.25, 0.3) is 0 Å². The molecule has 0 bridgehead atoms. The van der Waals surface area contributed by atoms with Gasteiger partial charge in [0.15, 0.2) is 5.96 Å². The first-order chi connectivity index (χ1) is 39.9. The van der Waals surface area contributed by atoms with Gasteiger partial charge in [-0.1, -0.05) is 72.8 Å². The molecule has 3 aromatic carbocycles. The predicted octanol–water partition coefficient (Wildman–Crippen LogP) is -4.52. The third-order valence-electron chi connectivity index (χ3n) is 12.6. The van der Waals surface area contributed by atoms with E-state index in [-0.39, 0.29) is 57.6 Å². The highest BCUT2D eigenvalue weighted by Crippen LogP contribution is 2.12. The van der Waals surface area contributed by atoms with Gasteiger partial charge >= 0.3 is 0 Å². The Labute approximate surface area is 500 Å². The number of aliphatic hydroxyl groups excluding tert-OH is 1. The van der Waals surface area contributed by atoms with Crippen LogP contribution in [0.25, 0.3) is 0 Å². The number of amides is 11. The van der Waals surface area contributed by atoms with Crippen LogP contribution >= 0.6 is 22.6 Å². The molecular formula is C55H79IN16O12. The van der Waals surface area contributed by atoms with Crippen LogP contribution in [0.1, 0.15) is 69.6 Å². The second kappa shape index (κ2) is 37.0. The van der Waals surface area contributed by atoms with Crippen LogP contribution in [-0.2, 0) is 72.0 Å². The number of rotatable bonds is 36. The summed E-state index contributed by atoms with van der Waals surface area (Å²) in [6.45, 7) is 2.29. The van der Waals surface area contributed by atoms with Gasteiger partial charge in [0.1, 0.15) is 42.3 Å². The van der Waals surface area contributed by atoms with E-state index in [2.05, 4.69) is 80.8 Å². The number of halogens is 1. The lowest BCUT2D eigenvalue weighted by Crippen LogP contribution is -2.59. The Hall–Kier alpha value is -8.29. The van der Waals surface area contributed by atoms with Crippen molar-refractivity contribution in [2.45, 2.75) is 127 Å².